The standard InChI is InChI=1S/C17H15N3O5/c1-23-15-6-12(9-21)14(7-19-15)25-10-13-5-11(17(22)24-2)8-20-4-3-18-16(13)20/h3-9H,10H2,1-2H3. The van der Waals surface area contributed by atoms with Crippen molar-refractivity contribution in [2.45, 2.75) is 6.61 Å². The summed E-state index contributed by atoms with van der Waals surface area (Å²) in [5.41, 5.74) is 1.99. The lowest BCUT2D eigenvalue weighted by Crippen LogP contribution is -2.07. The van der Waals surface area contributed by atoms with Crippen LogP contribution in [-0.4, -0.2) is 40.8 Å². The summed E-state index contributed by atoms with van der Waals surface area (Å²) in [6.45, 7) is 0.0974. The number of imidazole rings is 1. The number of fused-ring (bicyclic) bond motifs is 1. The van der Waals surface area contributed by atoms with Gasteiger partial charge in [0.1, 0.15) is 18.0 Å². The van der Waals surface area contributed by atoms with Gasteiger partial charge in [0.2, 0.25) is 5.88 Å². The number of ether oxygens (including phenoxy) is 3. The molecular weight excluding hydrogens is 326 g/mol. The third-order valence-corrected chi connectivity index (χ3v) is 3.58. The van der Waals surface area contributed by atoms with Crippen LogP contribution in [0.4, 0.5) is 0 Å². The molecular formula is C17H15N3O5. The first kappa shape index (κ1) is 16.4. The Hall–Kier alpha value is -3.42. The van der Waals surface area contributed by atoms with E-state index in [0.29, 0.717) is 40.3 Å². The second kappa shape index (κ2) is 7.00. The second-order valence-electron chi connectivity index (χ2n) is 5.07. The Morgan fingerprint density at radius 2 is 2.12 bits per heavy atom. The van der Waals surface area contributed by atoms with Gasteiger partial charge in [0.05, 0.1) is 31.5 Å². The minimum Gasteiger partial charge on any atom is -0.486 e. The molecule has 0 fully saturated rings. The quantitative estimate of drug-likeness (QED) is 0.499. The van der Waals surface area contributed by atoms with E-state index in [4.69, 9.17) is 14.2 Å². The molecule has 0 aliphatic rings. The van der Waals surface area contributed by atoms with Crippen molar-refractivity contribution < 1.29 is 23.8 Å². The lowest BCUT2D eigenvalue weighted by molar-refractivity contribution is 0.0600. The topological polar surface area (TPSA) is 92.0 Å². The van der Waals surface area contributed by atoms with E-state index in [9.17, 15) is 9.59 Å². The van der Waals surface area contributed by atoms with Crippen LogP contribution in [0.5, 0.6) is 11.6 Å². The zero-order valence-electron chi connectivity index (χ0n) is 13.6. The average molecular weight is 341 g/mol. The fourth-order valence-corrected chi connectivity index (χ4v) is 2.36. The lowest BCUT2D eigenvalue weighted by Gasteiger charge is -2.11. The molecule has 0 radical (unpaired) electrons. The van der Waals surface area contributed by atoms with Crippen LogP contribution < -0.4 is 9.47 Å². The highest BCUT2D eigenvalue weighted by atomic mass is 16.5. The van der Waals surface area contributed by atoms with Gasteiger partial charge < -0.3 is 18.6 Å². The molecule has 0 amide bonds. The van der Waals surface area contributed by atoms with Crippen molar-refractivity contribution in [3.05, 3.63) is 53.6 Å². The SMILES string of the molecule is COC(=O)c1cc(COc2cnc(OC)cc2C=O)c2nccn2c1. The molecule has 25 heavy (non-hydrogen) atoms. The molecule has 8 heteroatoms. The maximum absolute atomic E-state index is 11.8. The summed E-state index contributed by atoms with van der Waals surface area (Å²) in [4.78, 5) is 31.3. The number of aldehydes is 1. The predicted octanol–water partition coefficient (Wildman–Crippen LogP) is 1.92. The number of pyridine rings is 2. The molecule has 0 unspecified atom stereocenters. The van der Waals surface area contributed by atoms with E-state index >= 15 is 0 Å². The summed E-state index contributed by atoms with van der Waals surface area (Å²) >= 11 is 0. The Labute approximate surface area is 143 Å². The number of rotatable bonds is 6. The first-order chi connectivity index (χ1) is 12.2. The van der Waals surface area contributed by atoms with Gasteiger partial charge in [-0.15, -0.1) is 0 Å². The van der Waals surface area contributed by atoms with Gasteiger partial charge in [-0.25, -0.2) is 14.8 Å². The highest BCUT2D eigenvalue weighted by molar-refractivity contribution is 5.89. The molecule has 0 saturated carbocycles. The first-order valence-electron chi connectivity index (χ1n) is 7.32. The molecule has 0 aromatic carbocycles. The molecule has 3 rings (SSSR count). The third-order valence-electron chi connectivity index (χ3n) is 3.58. The maximum atomic E-state index is 11.8. The maximum Gasteiger partial charge on any atom is 0.339 e. The normalized spacial score (nSPS) is 10.5. The Bertz CT molecular complexity index is 935. The summed E-state index contributed by atoms with van der Waals surface area (Å²) < 4.78 is 17.2. The fourth-order valence-electron chi connectivity index (χ4n) is 2.36. The van der Waals surface area contributed by atoms with E-state index in [1.807, 2.05) is 0 Å². The van der Waals surface area contributed by atoms with Gasteiger partial charge in [0.25, 0.3) is 0 Å². The van der Waals surface area contributed by atoms with Crippen molar-refractivity contribution in [2.24, 2.45) is 0 Å². The molecule has 3 heterocycles. The Kier molecular flexibility index (Phi) is 4.60. The van der Waals surface area contributed by atoms with Crippen LogP contribution in [0.3, 0.4) is 0 Å². The summed E-state index contributed by atoms with van der Waals surface area (Å²) in [6.07, 6.45) is 7.04. The molecule has 3 aromatic heterocycles. The fraction of sp³-hybridized carbons (Fsp3) is 0.176. The van der Waals surface area contributed by atoms with E-state index in [0.717, 1.165) is 0 Å². The Balaban J connectivity index is 1.92. The average Bonchev–Trinajstić information content (AvgIpc) is 3.13. The lowest BCUT2D eigenvalue weighted by atomic mass is 10.2. The molecule has 8 nitrogen and oxygen atoms in total. The summed E-state index contributed by atoms with van der Waals surface area (Å²) in [5, 5.41) is 0. The minimum atomic E-state index is -0.462. The van der Waals surface area contributed by atoms with E-state index < -0.39 is 5.97 Å². The van der Waals surface area contributed by atoms with Crippen molar-refractivity contribution in [2.75, 3.05) is 14.2 Å². The smallest absolute Gasteiger partial charge is 0.339 e. The number of nitrogens with zero attached hydrogens (tertiary/aromatic N) is 3. The molecule has 3 aromatic rings. The van der Waals surface area contributed by atoms with Gasteiger partial charge in [-0.3, -0.25) is 4.79 Å². The molecule has 0 aliphatic heterocycles. The Morgan fingerprint density at radius 3 is 2.84 bits per heavy atom. The van der Waals surface area contributed by atoms with E-state index in [-0.39, 0.29) is 6.61 Å². The predicted molar refractivity (Wildman–Crippen MR) is 87.0 cm³/mol. The number of hydrogen-bond acceptors (Lipinski definition) is 7. The molecule has 0 bridgehead atoms. The highest BCUT2D eigenvalue weighted by Gasteiger charge is 2.13. The first-order valence-corrected chi connectivity index (χ1v) is 7.32. The van der Waals surface area contributed by atoms with Crippen molar-refractivity contribution in [3.63, 3.8) is 0 Å². The largest absolute Gasteiger partial charge is 0.486 e. The number of carbonyl (C=O) groups excluding carboxylic acids is 2. The van der Waals surface area contributed by atoms with E-state index in [1.165, 1.54) is 26.5 Å². The van der Waals surface area contributed by atoms with Crippen LogP contribution in [0.15, 0.2) is 36.9 Å². The summed E-state index contributed by atoms with van der Waals surface area (Å²) in [5.74, 6) is 0.165. The van der Waals surface area contributed by atoms with Crippen LogP contribution >= 0.6 is 0 Å². The second-order valence-corrected chi connectivity index (χ2v) is 5.07. The molecule has 0 spiro atoms. The summed E-state index contributed by atoms with van der Waals surface area (Å²) in [6, 6.07) is 3.13. The molecule has 128 valence electrons. The zero-order valence-corrected chi connectivity index (χ0v) is 13.6. The van der Waals surface area contributed by atoms with Gasteiger partial charge in [-0.05, 0) is 6.07 Å². The van der Waals surface area contributed by atoms with E-state index in [2.05, 4.69) is 9.97 Å². The number of methoxy groups -OCH3 is 2. The summed E-state index contributed by atoms with van der Waals surface area (Å²) in [7, 11) is 2.78. The van der Waals surface area contributed by atoms with Crippen LogP contribution in [0, 0.1) is 0 Å². The van der Waals surface area contributed by atoms with Gasteiger partial charge in [-0.1, -0.05) is 0 Å². The van der Waals surface area contributed by atoms with Crippen molar-refractivity contribution >= 4 is 17.9 Å². The third kappa shape index (κ3) is 3.27. The minimum absolute atomic E-state index is 0.0974. The van der Waals surface area contributed by atoms with Gasteiger partial charge in [-0.2, -0.15) is 0 Å². The van der Waals surface area contributed by atoms with Crippen LogP contribution in [0.2, 0.25) is 0 Å². The number of hydrogen-bond donors (Lipinski definition) is 0. The van der Waals surface area contributed by atoms with E-state index in [1.54, 1.807) is 29.1 Å². The molecule has 0 aliphatic carbocycles. The molecule has 0 N–H and O–H groups in total. The van der Waals surface area contributed by atoms with Gasteiger partial charge >= 0.3 is 5.97 Å². The highest BCUT2D eigenvalue weighted by Crippen LogP contribution is 2.22. The number of esters is 1. The zero-order chi connectivity index (χ0) is 17.8. The number of aromatic nitrogens is 3. The van der Waals surface area contributed by atoms with Crippen molar-refractivity contribution in [1.82, 2.24) is 14.4 Å². The van der Waals surface area contributed by atoms with Crippen LogP contribution in [0.25, 0.3) is 5.65 Å². The van der Waals surface area contributed by atoms with Gasteiger partial charge in [0.15, 0.2) is 6.29 Å². The van der Waals surface area contributed by atoms with Crippen LogP contribution in [-0.2, 0) is 11.3 Å². The van der Waals surface area contributed by atoms with Gasteiger partial charge in [0, 0.05) is 30.2 Å². The Morgan fingerprint density at radius 1 is 1.28 bits per heavy atom. The number of carbonyl (C=O) groups is 2. The van der Waals surface area contributed by atoms with Crippen molar-refractivity contribution in [1.29, 1.82) is 0 Å². The molecule has 0 atom stereocenters. The monoisotopic (exact) mass is 341 g/mol. The molecule has 0 saturated heterocycles. The van der Waals surface area contributed by atoms with Crippen LogP contribution in [0.1, 0.15) is 26.3 Å². The van der Waals surface area contributed by atoms with Crippen molar-refractivity contribution in [3.8, 4) is 11.6 Å².